The van der Waals surface area contributed by atoms with Crippen LogP contribution in [0.25, 0.3) is 0 Å². The predicted octanol–water partition coefficient (Wildman–Crippen LogP) is 5.82. The Morgan fingerprint density at radius 3 is 1.33 bits per heavy atom. The molecule has 2 unspecified atom stereocenters. The van der Waals surface area contributed by atoms with E-state index in [0.29, 0.717) is 54.2 Å². The van der Waals surface area contributed by atoms with Crippen molar-refractivity contribution in [3.8, 4) is 11.5 Å². The van der Waals surface area contributed by atoms with Crippen LogP contribution in [0.2, 0.25) is 0 Å². The Kier molecular flexibility index (Phi) is 12.9. The van der Waals surface area contributed by atoms with Gasteiger partial charge in [-0.15, -0.1) is 47.0 Å². The van der Waals surface area contributed by atoms with E-state index in [4.69, 9.17) is 30.4 Å². The van der Waals surface area contributed by atoms with Crippen molar-refractivity contribution in [2.75, 3.05) is 62.7 Å². The molecule has 2 aliphatic rings. The van der Waals surface area contributed by atoms with Gasteiger partial charge in [0, 0.05) is 41.6 Å². The molecule has 2 atom stereocenters. The van der Waals surface area contributed by atoms with Crippen LogP contribution < -0.4 is 20.9 Å². The maximum Gasteiger partial charge on any atom is 0.119 e. The highest BCUT2D eigenvalue weighted by atomic mass is 32.2. The fourth-order valence-electron chi connectivity index (χ4n) is 4.41. The van der Waals surface area contributed by atoms with Gasteiger partial charge < -0.3 is 30.4 Å². The van der Waals surface area contributed by atoms with E-state index in [1.807, 2.05) is 85.2 Å². The van der Waals surface area contributed by atoms with E-state index in [1.165, 1.54) is 0 Å². The molecule has 0 aliphatic carbocycles. The summed E-state index contributed by atoms with van der Waals surface area (Å²) < 4.78 is 22.9. The van der Waals surface area contributed by atoms with Gasteiger partial charge in [0.15, 0.2) is 0 Å². The van der Waals surface area contributed by atoms with Crippen LogP contribution in [0.1, 0.15) is 37.1 Å². The number of rotatable bonds is 14. The third-order valence-electron chi connectivity index (χ3n) is 6.73. The third kappa shape index (κ3) is 9.13. The number of hydrogen-bond donors (Lipinski definition) is 2. The second-order valence-electron chi connectivity index (χ2n) is 9.76. The summed E-state index contributed by atoms with van der Waals surface area (Å²) in [7, 11) is 0. The summed E-state index contributed by atoms with van der Waals surface area (Å²) in [6.07, 6.45) is 0. The lowest BCUT2D eigenvalue weighted by Crippen LogP contribution is -2.43. The Balaban J connectivity index is 1.20. The van der Waals surface area contributed by atoms with Crippen LogP contribution in [0.5, 0.6) is 11.5 Å². The molecule has 0 radical (unpaired) electrons. The van der Waals surface area contributed by atoms with Crippen molar-refractivity contribution in [3.05, 3.63) is 59.7 Å². The average molecular weight is 611 g/mol. The minimum Gasteiger partial charge on any atom is -0.491 e. The lowest BCUT2D eigenvalue weighted by molar-refractivity contribution is 0.110. The monoisotopic (exact) mass is 610 g/mol. The second kappa shape index (κ2) is 16.1. The van der Waals surface area contributed by atoms with E-state index in [9.17, 15) is 0 Å². The largest absolute Gasteiger partial charge is 0.491 e. The van der Waals surface area contributed by atoms with Crippen molar-refractivity contribution in [2.45, 2.75) is 35.1 Å². The SMILES string of the molecule is CCOCCOc1ccc(C(N)C2SCC3(CS2)CSC(C(N)c2ccc(OCCOCC)cc2)SC3)cc1. The molecule has 0 saturated carbocycles. The van der Waals surface area contributed by atoms with Crippen LogP contribution >= 0.6 is 47.0 Å². The van der Waals surface area contributed by atoms with Crippen molar-refractivity contribution >= 4 is 47.0 Å². The molecule has 2 aliphatic heterocycles. The smallest absolute Gasteiger partial charge is 0.119 e. The quantitative estimate of drug-likeness (QED) is 0.255. The molecule has 0 bridgehead atoms. The summed E-state index contributed by atoms with van der Waals surface area (Å²) in [5.74, 6) is 6.30. The number of thioether (sulfide) groups is 4. The Morgan fingerprint density at radius 2 is 1.00 bits per heavy atom. The molecule has 4 rings (SSSR count). The first kappa shape index (κ1) is 31.2. The van der Waals surface area contributed by atoms with Gasteiger partial charge in [-0.05, 0) is 49.2 Å². The third-order valence-corrected chi connectivity index (χ3v) is 14.0. The van der Waals surface area contributed by atoms with Crippen LogP contribution in [0.4, 0.5) is 0 Å². The maximum atomic E-state index is 6.71. The molecule has 2 saturated heterocycles. The molecule has 6 nitrogen and oxygen atoms in total. The molecular weight excluding hydrogens is 569 g/mol. The van der Waals surface area contributed by atoms with Crippen molar-refractivity contribution in [1.82, 2.24) is 0 Å². The average Bonchev–Trinajstić information content (AvgIpc) is 2.98. The summed E-state index contributed by atoms with van der Waals surface area (Å²) >= 11 is 8.09. The van der Waals surface area contributed by atoms with Crippen LogP contribution in [0.3, 0.4) is 0 Å². The predicted molar refractivity (Wildman–Crippen MR) is 171 cm³/mol. The topological polar surface area (TPSA) is 89.0 Å². The minimum atomic E-state index is 0.00557. The Hall–Kier alpha value is -0.720. The molecule has 2 fully saturated rings. The minimum absolute atomic E-state index is 0.00557. The standard InChI is InChI=1S/C29H42N2O4S4/c1-3-32-13-15-34-23-9-5-21(6-10-23)25(30)27-36-17-29(18-37-27)19-38-28(39-20-29)26(31)22-7-11-24(12-8-22)35-16-14-33-4-2/h5-12,25-28H,3-4,13-20,30-31H2,1-2H3. The van der Waals surface area contributed by atoms with Crippen molar-refractivity contribution in [2.24, 2.45) is 16.9 Å². The first-order valence-electron chi connectivity index (χ1n) is 13.6. The van der Waals surface area contributed by atoms with E-state index < -0.39 is 0 Å². The normalized spacial score (nSPS) is 24.8. The van der Waals surface area contributed by atoms with Gasteiger partial charge in [-0.25, -0.2) is 0 Å². The fraction of sp³-hybridized carbons (Fsp3) is 0.586. The lowest BCUT2D eigenvalue weighted by Gasteiger charge is -2.45. The van der Waals surface area contributed by atoms with E-state index in [1.54, 1.807) is 0 Å². The molecular formula is C29H42N2O4S4. The van der Waals surface area contributed by atoms with Gasteiger partial charge in [-0.3, -0.25) is 0 Å². The zero-order chi connectivity index (χ0) is 27.5. The molecule has 216 valence electrons. The molecule has 2 aromatic carbocycles. The highest BCUT2D eigenvalue weighted by molar-refractivity contribution is 8.19. The Morgan fingerprint density at radius 1 is 0.641 bits per heavy atom. The lowest BCUT2D eigenvalue weighted by atomic mass is 9.99. The molecule has 0 aromatic heterocycles. The fourth-order valence-corrected chi connectivity index (χ4v) is 11.5. The van der Waals surface area contributed by atoms with Crippen molar-refractivity contribution in [1.29, 1.82) is 0 Å². The van der Waals surface area contributed by atoms with Crippen LogP contribution in [-0.4, -0.2) is 71.8 Å². The summed E-state index contributed by atoms with van der Waals surface area (Å²) in [5.41, 5.74) is 16.1. The number of ether oxygens (including phenoxy) is 4. The van der Waals surface area contributed by atoms with E-state index in [0.717, 1.165) is 45.6 Å². The summed E-state index contributed by atoms with van der Waals surface area (Å²) in [6, 6.07) is 16.5. The first-order valence-corrected chi connectivity index (χ1v) is 17.8. The number of nitrogens with two attached hydrogens (primary N) is 2. The van der Waals surface area contributed by atoms with Gasteiger partial charge in [0.05, 0.1) is 34.5 Å². The molecule has 1 spiro atoms. The molecule has 39 heavy (non-hydrogen) atoms. The summed E-state index contributed by atoms with van der Waals surface area (Å²) in [5, 5.41) is 0. The van der Waals surface area contributed by atoms with Crippen molar-refractivity contribution in [3.63, 3.8) is 0 Å². The second-order valence-corrected chi connectivity index (χ2v) is 14.9. The molecule has 2 heterocycles. The Bertz CT molecular complexity index is 883. The van der Waals surface area contributed by atoms with Gasteiger partial charge in [-0.2, -0.15) is 0 Å². The van der Waals surface area contributed by atoms with Gasteiger partial charge in [0.25, 0.3) is 0 Å². The van der Waals surface area contributed by atoms with Gasteiger partial charge >= 0.3 is 0 Å². The van der Waals surface area contributed by atoms with E-state index >= 15 is 0 Å². The van der Waals surface area contributed by atoms with Gasteiger partial charge in [0.1, 0.15) is 24.7 Å². The molecule has 4 N–H and O–H groups in total. The van der Waals surface area contributed by atoms with Gasteiger partial charge in [0.2, 0.25) is 0 Å². The van der Waals surface area contributed by atoms with Crippen molar-refractivity contribution < 1.29 is 18.9 Å². The van der Waals surface area contributed by atoms with Crippen LogP contribution in [0.15, 0.2) is 48.5 Å². The zero-order valence-corrected chi connectivity index (χ0v) is 26.2. The highest BCUT2D eigenvalue weighted by Gasteiger charge is 2.42. The molecule has 10 heteroatoms. The molecule has 2 aromatic rings. The molecule has 0 amide bonds. The van der Waals surface area contributed by atoms with Crippen LogP contribution in [0, 0.1) is 5.41 Å². The summed E-state index contributed by atoms with van der Waals surface area (Å²) in [6.45, 7) is 7.74. The Labute approximate surface area is 250 Å². The van der Waals surface area contributed by atoms with Gasteiger partial charge in [-0.1, -0.05) is 24.3 Å². The summed E-state index contributed by atoms with van der Waals surface area (Å²) in [4.78, 5) is 0. The maximum absolute atomic E-state index is 6.71. The van der Waals surface area contributed by atoms with E-state index in [-0.39, 0.29) is 12.1 Å². The van der Waals surface area contributed by atoms with E-state index in [2.05, 4.69) is 24.3 Å². The number of hydrogen-bond acceptors (Lipinski definition) is 10. The van der Waals surface area contributed by atoms with Crippen LogP contribution in [-0.2, 0) is 9.47 Å². The number of benzene rings is 2. The first-order chi connectivity index (χ1) is 19.0. The highest BCUT2D eigenvalue weighted by Crippen LogP contribution is 2.53. The zero-order valence-electron chi connectivity index (χ0n) is 22.9.